The van der Waals surface area contributed by atoms with Gasteiger partial charge >= 0.3 is 6.18 Å². The largest absolute Gasteiger partial charge is 0.433 e. The van der Waals surface area contributed by atoms with Crippen molar-refractivity contribution in [2.45, 2.75) is 51.4 Å². The molecular weight excluding hydrogens is 440 g/mol. The van der Waals surface area contributed by atoms with Crippen molar-refractivity contribution in [3.63, 3.8) is 0 Å². The van der Waals surface area contributed by atoms with Crippen LogP contribution in [0.5, 0.6) is 0 Å². The summed E-state index contributed by atoms with van der Waals surface area (Å²) in [5, 5.41) is 14.0. The van der Waals surface area contributed by atoms with Gasteiger partial charge in [0, 0.05) is 29.6 Å². The average molecular weight is 464 g/mol. The summed E-state index contributed by atoms with van der Waals surface area (Å²) in [5.74, 6) is -1.30. The summed E-state index contributed by atoms with van der Waals surface area (Å²) in [7, 11) is 0. The molecule has 10 heteroatoms. The molecule has 0 saturated heterocycles. The lowest BCUT2D eigenvalue weighted by Crippen LogP contribution is -2.18. The minimum atomic E-state index is -4.42. The Morgan fingerprint density at radius 1 is 1.12 bits per heavy atom. The number of nitrogens with two attached hydrogens (primary N) is 1. The molecule has 0 fully saturated rings. The molecule has 1 aliphatic heterocycles. The fourth-order valence-electron chi connectivity index (χ4n) is 3.39. The maximum Gasteiger partial charge on any atom is 0.433 e. The number of aromatic nitrogens is 3. The van der Waals surface area contributed by atoms with Gasteiger partial charge in [-0.05, 0) is 75.1 Å². The Hall–Kier alpha value is -3.27. The number of carbonyl (C=O) groups excluding carboxylic acids is 1. The smallest absolute Gasteiger partial charge is 0.386 e. The average Bonchev–Trinajstić information content (AvgIpc) is 3.17. The molecule has 1 aromatic carbocycles. The number of aliphatic hydroxyl groups is 1. The summed E-state index contributed by atoms with van der Waals surface area (Å²) in [4.78, 5) is 14.2. The van der Waals surface area contributed by atoms with Gasteiger partial charge in [-0.3, -0.25) is 14.5 Å². The fourth-order valence-corrected chi connectivity index (χ4v) is 3.39. The van der Waals surface area contributed by atoms with Gasteiger partial charge in [-0.2, -0.15) is 18.3 Å². The van der Waals surface area contributed by atoms with E-state index in [1.807, 2.05) is 10.7 Å². The summed E-state index contributed by atoms with van der Waals surface area (Å²) >= 11 is 0. The Labute approximate surface area is 188 Å². The van der Waals surface area contributed by atoms with Gasteiger partial charge in [0.15, 0.2) is 0 Å². The highest BCUT2D eigenvalue weighted by Crippen LogP contribution is 2.31. The van der Waals surface area contributed by atoms with Gasteiger partial charge in [-0.15, -0.1) is 0 Å². The molecule has 0 atom stereocenters. The van der Waals surface area contributed by atoms with Crippen LogP contribution in [0.25, 0.3) is 11.3 Å². The third kappa shape index (κ3) is 6.16. The van der Waals surface area contributed by atoms with Crippen LogP contribution in [-0.4, -0.2) is 25.8 Å². The molecule has 0 aliphatic carbocycles. The van der Waals surface area contributed by atoms with Crippen LogP contribution >= 0.6 is 0 Å². The number of hydrogen-bond acceptors (Lipinski definition) is 4. The maximum atomic E-state index is 13.0. The maximum absolute atomic E-state index is 13.0. The molecule has 4 rings (SSSR count). The normalized spacial score (nSPS) is 13.7. The molecule has 6 nitrogen and oxygen atoms in total. The first-order chi connectivity index (χ1) is 15.3. The molecule has 3 N–H and O–H groups in total. The number of fused-ring (bicyclic) bond motifs is 1. The number of amides is 1. The van der Waals surface area contributed by atoms with E-state index in [1.165, 1.54) is 32.2 Å². The Morgan fingerprint density at radius 3 is 2.45 bits per heavy atom. The second-order valence-electron chi connectivity index (χ2n) is 8.28. The van der Waals surface area contributed by atoms with Gasteiger partial charge in [0.05, 0.1) is 11.3 Å². The summed E-state index contributed by atoms with van der Waals surface area (Å²) in [6.07, 6.45) is -0.135. The van der Waals surface area contributed by atoms with Crippen LogP contribution in [0.1, 0.15) is 54.0 Å². The molecule has 176 valence electrons. The number of aryl methyl sites for hydroxylation is 2. The summed E-state index contributed by atoms with van der Waals surface area (Å²) < 4.78 is 52.7. The highest BCUT2D eigenvalue weighted by molar-refractivity contribution is 5.93. The van der Waals surface area contributed by atoms with E-state index in [0.29, 0.717) is 16.8 Å². The zero-order valence-electron chi connectivity index (χ0n) is 18.2. The lowest BCUT2D eigenvalue weighted by molar-refractivity contribution is -0.141. The number of carbonyl (C=O) groups is 1. The zero-order chi connectivity index (χ0) is 24.4. The highest BCUT2D eigenvalue weighted by atomic mass is 19.4. The Morgan fingerprint density at radius 2 is 1.85 bits per heavy atom. The van der Waals surface area contributed by atoms with Gasteiger partial charge in [-0.1, -0.05) is 0 Å². The summed E-state index contributed by atoms with van der Waals surface area (Å²) in [6, 6.07) is 8.07. The van der Waals surface area contributed by atoms with Crippen LogP contribution in [-0.2, 0) is 24.7 Å². The number of benzene rings is 1. The molecular formula is C23H24F4N4O2. The Balaban J connectivity index is 0.000000196. The van der Waals surface area contributed by atoms with Crippen molar-refractivity contribution in [2.75, 3.05) is 0 Å². The van der Waals surface area contributed by atoms with Crippen molar-refractivity contribution < 1.29 is 27.5 Å². The topological polar surface area (TPSA) is 94.0 Å². The molecule has 3 aromatic rings. The third-order valence-electron chi connectivity index (χ3n) is 5.15. The Bertz CT molecular complexity index is 1130. The van der Waals surface area contributed by atoms with Crippen molar-refractivity contribution in [3.8, 4) is 11.3 Å². The molecule has 0 bridgehead atoms. The van der Waals surface area contributed by atoms with E-state index < -0.39 is 29.2 Å². The van der Waals surface area contributed by atoms with E-state index >= 15 is 0 Å². The molecule has 33 heavy (non-hydrogen) atoms. The van der Waals surface area contributed by atoms with Crippen LogP contribution in [0, 0.1) is 5.82 Å². The molecule has 0 spiro atoms. The molecule has 0 radical (unpaired) electrons. The SMILES string of the molecule is CC(C)(O)c1cc(F)cc(C(N)=O)c1.FC(F)(F)c1cc(-c2cc3n(n2)CCCC3)ccn1. The minimum Gasteiger partial charge on any atom is -0.386 e. The Kier molecular flexibility index (Phi) is 6.87. The number of alkyl halides is 3. The van der Waals surface area contributed by atoms with E-state index in [-0.39, 0.29) is 5.56 Å². The number of nitrogens with zero attached hydrogens (tertiary/aromatic N) is 3. The molecule has 0 saturated carbocycles. The van der Waals surface area contributed by atoms with Gasteiger partial charge < -0.3 is 10.8 Å². The van der Waals surface area contributed by atoms with Crippen LogP contribution in [0.4, 0.5) is 17.6 Å². The van der Waals surface area contributed by atoms with Crippen LogP contribution < -0.4 is 5.73 Å². The van der Waals surface area contributed by atoms with Crippen molar-refractivity contribution in [1.82, 2.24) is 14.8 Å². The molecule has 1 aliphatic rings. The van der Waals surface area contributed by atoms with Crippen LogP contribution in [0.3, 0.4) is 0 Å². The van der Waals surface area contributed by atoms with E-state index in [1.54, 1.807) is 6.07 Å². The van der Waals surface area contributed by atoms with Crippen molar-refractivity contribution in [2.24, 2.45) is 5.73 Å². The zero-order valence-corrected chi connectivity index (χ0v) is 18.2. The van der Waals surface area contributed by atoms with Gasteiger partial charge in [0.1, 0.15) is 11.5 Å². The second-order valence-corrected chi connectivity index (χ2v) is 8.28. The van der Waals surface area contributed by atoms with E-state index in [4.69, 9.17) is 5.73 Å². The van der Waals surface area contributed by atoms with Crippen molar-refractivity contribution in [3.05, 3.63) is 70.9 Å². The standard InChI is InChI=1S/C13H12F3N3.C10H12FNO2/c14-13(15,16)12-7-9(4-5-17-12)11-8-10-3-1-2-6-19(10)18-11;1-10(2,14)7-3-6(9(12)13)4-8(11)5-7/h4-5,7-8H,1-3,6H2;3-5,14H,1-2H3,(H2,12,13). The monoisotopic (exact) mass is 464 g/mol. The highest BCUT2D eigenvalue weighted by Gasteiger charge is 2.32. The first kappa shape index (κ1) is 24.4. The number of rotatable bonds is 3. The van der Waals surface area contributed by atoms with E-state index in [9.17, 15) is 27.5 Å². The van der Waals surface area contributed by atoms with E-state index in [2.05, 4.69) is 10.1 Å². The lowest BCUT2D eigenvalue weighted by Gasteiger charge is -2.18. The third-order valence-corrected chi connectivity index (χ3v) is 5.15. The number of halogens is 4. The van der Waals surface area contributed by atoms with Gasteiger partial charge in [0.2, 0.25) is 5.91 Å². The first-order valence-corrected chi connectivity index (χ1v) is 10.3. The first-order valence-electron chi connectivity index (χ1n) is 10.3. The summed E-state index contributed by atoms with van der Waals surface area (Å²) in [6.45, 7) is 3.85. The van der Waals surface area contributed by atoms with Gasteiger partial charge in [0.25, 0.3) is 0 Å². The lowest BCUT2D eigenvalue weighted by atomic mass is 9.96. The predicted molar refractivity (Wildman–Crippen MR) is 114 cm³/mol. The fraction of sp³-hybridized carbons (Fsp3) is 0.348. The quantitative estimate of drug-likeness (QED) is 0.560. The van der Waals surface area contributed by atoms with Gasteiger partial charge in [-0.25, -0.2) is 4.39 Å². The molecule has 0 unspecified atom stereocenters. The number of hydrogen-bond donors (Lipinski definition) is 2. The number of primary amides is 1. The van der Waals surface area contributed by atoms with Crippen molar-refractivity contribution in [1.29, 1.82) is 0 Å². The van der Waals surface area contributed by atoms with Crippen molar-refractivity contribution >= 4 is 5.91 Å². The molecule has 2 aromatic heterocycles. The van der Waals surface area contributed by atoms with E-state index in [0.717, 1.165) is 43.6 Å². The number of pyridine rings is 1. The second kappa shape index (κ2) is 9.30. The summed E-state index contributed by atoms with van der Waals surface area (Å²) in [5.41, 5.74) is 5.46. The molecule has 1 amide bonds. The van der Waals surface area contributed by atoms with Crippen LogP contribution in [0.2, 0.25) is 0 Å². The minimum absolute atomic E-state index is 0.0575. The predicted octanol–water partition coefficient (Wildman–Crippen LogP) is 4.45. The molecule has 3 heterocycles. The van der Waals surface area contributed by atoms with Crippen LogP contribution in [0.15, 0.2) is 42.6 Å².